The third-order valence-electron chi connectivity index (χ3n) is 5.13. The number of aromatic nitrogens is 3. The van der Waals surface area contributed by atoms with Crippen LogP contribution in [0.2, 0.25) is 0 Å². The maximum Gasteiger partial charge on any atom is 0.338 e. The number of carbonyl (C=O) groups is 1. The number of nitrogens with zero attached hydrogens (tertiary/aromatic N) is 3. The molecule has 2 aromatic heterocycles. The number of esters is 1. The minimum absolute atomic E-state index is 0.236. The third-order valence-corrected chi connectivity index (χ3v) is 6.00. The molecule has 2 aromatic carbocycles. The average molecular weight is 452 g/mol. The molecule has 0 aliphatic heterocycles. The molecule has 0 fully saturated rings. The van der Waals surface area contributed by atoms with Crippen LogP contribution in [0.15, 0.2) is 66.6 Å². The Labute approximate surface area is 189 Å². The van der Waals surface area contributed by atoms with Crippen molar-refractivity contribution in [2.24, 2.45) is 7.05 Å². The Hall–Kier alpha value is -3.36. The van der Waals surface area contributed by atoms with Crippen LogP contribution in [0.4, 0.5) is 4.39 Å². The maximum atomic E-state index is 13.4. The Morgan fingerprint density at radius 1 is 1.22 bits per heavy atom. The van der Waals surface area contributed by atoms with Crippen molar-refractivity contribution in [3.05, 3.63) is 94.2 Å². The molecule has 2 heterocycles. The van der Waals surface area contributed by atoms with Crippen molar-refractivity contribution < 1.29 is 18.7 Å². The first-order chi connectivity index (χ1) is 15.5. The highest BCUT2D eigenvalue weighted by Gasteiger charge is 2.19. The smallest absolute Gasteiger partial charge is 0.338 e. The average Bonchev–Trinajstić information content (AvgIpc) is 3.48. The van der Waals surface area contributed by atoms with E-state index in [0.29, 0.717) is 24.2 Å². The normalized spacial score (nSPS) is 12.0. The minimum Gasteiger partial charge on any atom is -0.465 e. The van der Waals surface area contributed by atoms with Crippen LogP contribution in [0, 0.1) is 5.82 Å². The van der Waals surface area contributed by atoms with Crippen LogP contribution in [-0.4, -0.2) is 27.6 Å². The lowest BCUT2D eigenvalue weighted by atomic mass is 9.97. The first-order valence-corrected chi connectivity index (χ1v) is 10.9. The number of carbonyl (C=O) groups excluding carboxylic acids is 1. The van der Waals surface area contributed by atoms with Crippen LogP contribution in [0.5, 0.6) is 0 Å². The first kappa shape index (κ1) is 21.9. The van der Waals surface area contributed by atoms with E-state index >= 15 is 0 Å². The first-order valence-electron chi connectivity index (χ1n) is 9.98. The zero-order valence-corrected chi connectivity index (χ0v) is 18.5. The van der Waals surface area contributed by atoms with Crippen LogP contribution in [0.3, 0.4) is 0 Å². The Bertz CT molecular complexity index is 1190. The SMILES string of the molecule is COC(=O)c1ccc(COC(Cc2cncn2C)c2nccs2)cc1-c1ccc(F)cc1. The van der Waals surface area contributed by atoms with Gasteiger partial charge in [0, 0.05) is 36.9 Å². The molecular weight excluding hydrogens is 429 g/mol. The Balaban J connectivity index is 1.60. The summed E-state index contributed by atoms with van der Waals surface area (Å²) in [5.41, 5.74) is 3.71. The monoisotopic (exact) mass is 451 g/mol. The van der Waals surface area contributed by atoms with E-state index in [2.05, 4.69) is 9.97 Å². The quantitative estimate of drug-likeness (QED) is 0.354. The van der Waals surface area contributed by atoms with E-state index in [4.69, 9.17) is 9.47 Å². The van der Waals surface area contributed by atoms with E-state index in [0.717, 1.165) is 21.8 Å². The number of hydrogen-bond donors (Lipinski definition) is 0. The van der Waals surface area contributed by atoms with Crippen molar-refractivity contribution >= 4 is 17.3 Å². The van der Waals surface area contributed by atoms with E-state index in [-0.39, 0.29) is 11.9 Å². The van der Waals surface area contributed by atoms with Gasteiger partial charge in [0.05, 0.1) is 25.6 Å². The van der Waals surface area contributed by atoms with E-state index < -0.39 is 5.97 Å². The standard InChI is InChI=1S/C24H22FN3O3S/c1-28-15-26-13-19(28)12-22(23-27-9-10-32-23)31-14-16-3-8-20(24(29)30-2)21(11-16)17-4-6-18(25)7-5-17/h3-11,13,15,22H,12,14H2,1-2H3. The second-order valence-electron chi connectivity index (χ2n) is 7.25. The van der Waals surface area contributed by atoms with Gasteiger partial charge in [0.2, 0.25) is 0 Å². The third kappa shape index (κ3) is 4.92. The molecule has 0 N–H and O–H groups in total. The Morgan fingerprint density at radius 3 is 2.69 bits per heavy atom. The number of rotatable bonds is 8. The van der Waals surface area contributed by atoms with Gasteiger partial charge in [-0.3, -0.25) is 0 Å². The molecule has 0 radical (unpaired) electrons. The molecule has 1 atom stereocenters. The molecular formula is C24H22FN3O3S. The minimum atomic E-state index is -0.450. The summed E-state index contributed by atoms with van der Waals surface area (Å²) < 4.78 is 26.6. The van der Waals surface area contributed by atoms with Gasteiger partial charge in [-0.05, 0) is 41.0 Å². The van der Waals surface area contributed by atoms with Gasteiger partial charge < -0.3 is 14.0 Å². The summed E-state index contributed by atoms with van der Waals surface area (Å²) in [6.45, 7) is 0.317. The van der Waals surface area contributed by atoms with Gasteiger partial charge >= 0.3 is 5.97 Å². The van der Waals surface area contributed by atoms with Gasteiger partial charge in [0.1, 0.15) is 16.9 Å². The predicted octanol–water partition coefficient (Wildman–Crippen LogP) is 4.97. The van der Waals surface area contributed by atoms with Crippen molar-refractivity contribution in [3.63, 3.8) is 0 Å². The zero-order valence-electron chi connectivity index (χ0n) is 17.7. The van der Waals surface area contributed by atoms with Crippen LogP contribution in [-0.2, 0) is 29.5 Å². The van der Waals surface area contributed by atoms with Crippen molar-refractivity contribution in [1.29, 1.82) is 0 Å². The van der Waals surface area contributed by atoms with E-state index in [9.17, 15) is 9.18 Å². The van der Waals surface area contributed by atoms with Crippen LogP contribution in [0.1, 0.15) is 32.7 Å². The molecule has 6 nitrogen and oxygen atoms in total. The summed E-state index contributed by atoms with van der Waals surface area (Å²) in [6, 6.07) is 11.4. The van der Waals surface area contributed by atoms with E-state index in [1.54, 1.807) is 42.1 Å². The van der Waals surface area contributed by atoms with Crippen molar-refractivity contribution in [2.45, 2.75) is 19.1 Å². The van der Waals surface area contributed by atoms with Crippen molar-refractivity contribution in [3.8, 4) is 11.1 Å². The summed E-state index contributed by atoms with van der Waals surface area (Å²) in [7, 11) is 3.28. The fourth-order valence-corrected chi connectivity index (χ4v) is 4.10. The van der Waals surface area contributed by atoms with Gasteiger partial charge in [0.15, 0.2) is 0 Å². The lowest BCUT2D eigenvalue weighted by molar-refractivity contribution is 0.0387. The van der Waals surface area contributed by atoms with E-state index in [1.165, 1.54) is 19.2 Å². The lowest BCUT2D eigenvalue weighted by Crippen LogP contribution is -2.10. The van der Waals surface area contributed by atoms with Gasteiger partial charge in [0.25, 0.3) is 0 Å². The molecule has 0 spiro atoms. The van der Waals surface area contributed by atoms with Gasteiger partial charge in [-0.15, -0.1) is 11.3 Å². The highest BCUT2D eigenvalue weighted by molar-refractivity contribution is 7.09. The molecule has 32 heavy (non-hydrogen) atoms. The number of benzene rings is 2. The number of aryl methyl sites for hydroxylation is 1. The molecule has 1 unspecified atom stereocenters. The van der Waals surface area contributed by atoms with Crippen LogP contribution < -0.4 is 0 Å². The summed E-state index contributed by atoms with van der Waals surface area (Å²) >= 11 is 1.54. The molecule has 0 aliphatic carbocycles. The second-order valence-corrected chi connectivity index (χ2v) is 8.17. The molecule has 164 valence electrons. The zero-order chi connectivity index (χ0) is 22.5. The molecule has 0 bridgehead atoms. The van der Waals surface area contributed by atoms with Gasteiger partial charge in [-0.1, -0.05) is 18.2 Å². The topological polar surface area (TPSA) is 66.2 Å². The molecule has 0 saturated heterocycles. The molecule has 0 saturated carbocycles. The fourth-order valence-electron chi connectivity index (χ4n) is 3.42. The second kappa shape index (κ2) is 9.84. The number of thiazole rings is 1. The number of methoxy groups -OCH3 is 1. The number of hydrogen-bond acceptors (Lipinski definition) is 6. The van der Waals surface area contributed by atoms with Gasteiger partial charge in [-0.2, -0.15) is 0 Å². The molecule has 4 rings (SSSR count). The van der Waals surface area contributed by atoms with Crippen molar-refractivity contribution in [2.75, 3.05) is 7.11 Å². The highest BCUT2D eigenvalue weighted by atomic mass is 32.1. The molecule has 4 aromatic rings. The Morgan fingerprint density at radius 2 is 2.03 bits per heavy atom. The van der Waals surface area contributed by atoms with E-state index in [1.807, 2.05) is 35.3 Å². The number of halogens is 1. The lowest BCUT2D eigenvalue weighted by Gasteiger charge is -2.17. The maximum absolute atomic E-state index is 13.4. The largest absolute Gasteiger partial charge is 0.465 e. The molecule has 0 amide bonds. The fraction of sp³-hybridized carbons (Fsp3) is 0.208. The van der Waals surface area contributed by atoms with Gasteiger partial charge in [-0.25, -0.2) is 19.2 Å². The summed E-state index contributed by atoms with van der Waals surface area (Å²) in [6.07, 6.45) is 5.74. The number of ether oxygens (including phenoxy) is 2. The summed E-state index contributed by atoms with van der Waals surface area (Å²) in [5, 5.41) is 2.81. The summed E-state index contributed by atoms with van der Waals surface area (Å²) in [4.78, 5) is 20.9. The Kier molecular flexibility index (Phi) is 6.72. The molecule has 0 aliphatic rings. The predicted molar refractivity (Wildman–Crippen MR) is 120 cm³/mol. The summed E-state index contributed by atoms with van der Waals surface area (Å²) in [5.74, 6) is -0.789. The highest BCUT2D eigenvalue weighted by Crippen LogP contribution is 2.29. The number of imidazole rings is 1. The molecule has 8 heteroatoms. The van der Waals surface area contributed by atoms with Crippen LogP contribution in [0.25, 0.3) is 11.1 Å². The van der Waals surface area contributed by atoms with Crippen LogP contribution >= 0.6 is 11.3 Å². The van der Waals surface area contributed by atoms with Crippen molar-refractivity contribution in [1.82, 2.24) is 14.5 Å².